The Morgan fingerprint density at radius 1 is 1.32 bits per heavy atom. The SMILES string of the molecule is CNC(=O)CN(C)C(=O)[C@H](CC1=CC=C(O)CC1)NC(C)=O. The number of hydrogen-bond donors (Lipinski definition) is 3. The molecule has 1 aliphatic rings. The summed E-state index contributed by atoms with van der Waals surface area (Å²) in [5.41, 5.74) is 0.971. The Bertz CT molecular complexity index is 511. The van der Waals surface area contributed by atoms with Gasteiger partial charge in [-0.3, -0.25) is 14.4 Å². The molecule has 0 aromatic carbocycles. The first-order valence-electron chi connectivity index (χ1n) is 7.13. The van der Waals surface area contributed by atoms with E-state index < -0.39 is 6.04 Å². The Morgan fingerprint density at radius 2 is 2.00 bits per heavy atom. The molecule has 0 fully saturated rings. The molecule has 0 saturated heterocycles. The molecule has 1 rings (SSSR count). The second-order valence-corrected chi connectivity index (χ2v) is 5.31. The summed E-state index contributed by atoms with van der Waals surface area (Å²) < 4.78 is 0. The topological polar surface area (TPSA) is 98.7 Å². The third kappa shape index (κ3) is 5.59. The number of carbonyl (C=O) groups is 3. The number of nitrogens with zero attached hydrogens (tertiary/aromatic N) is 1. The van der Waals surface area contributed by atoms with Crippen molar-refractivity contribution < 1.29 is 19.5 Å². The van der Waals surface area contributed by atoms with Crippen LogP contribution in [0.2, 0.25) is 0 Å². The number of allylic oxidation sites excluding steroid dienone is 3. The first-order chi connectivity index (χ1) is 10.3. The molecule has 3 N–H and O–H groups in total. The minimum Gasteiger partial charge on any atom is -0.512 e. The van der Waals surface area contributed by atoms with Crippen molar-refractivity contribution in [3.05, 3.63) is 23.5 Å². The number of aliphatic hydroxyl groups is 1. The lowest BCUT2D eigenvalue weighted by molar-refractivity contribution is -0.137. The molecule has 0 spiro atoms. The van der Waals surface area contributed by atoms with Gasteiger partial charge in [-0.2, -0.15) is 0 Å². The predicted molar refractivity (Wildman–Crippen MR) is 82.0 cm³/mol. The fraction of sp³-hybridized carbons (Fsp3) is 0.533. The molecule has 122 valence electrons. The molecule has 0 aliphatic heterocycles. The van der Waals surface area contributed by atoms with Gasteiger partial charge in [-0.15, -0.1) is 0 Å². The third-order valence-electron chi connectivity index (χ3n) is 3.39. The number of rotatable bonds is 6. The fourth-order valence-electron chi connectivity index (χ4n) is 2.19. The molecule has 0 aromatic heterocycles. The van der Waals surface area contributed by atoms with E-state index in [0.29, 0.717) is 25.0 Å². The van der Waals surface area contributed by atoms with Gasteiger partial charge in [0.1, 0.15) is 6.04 Å². The van der Waals surface area contributed by atoms with Crippen LogP contribution in [0.3, 0.4) is 0 Å². The van der Waals surface area contributed by atoms with Crippen molar-refractivity contribution in [2.45, 2.75) is 32.2 Å². The van der Waals surface area contributed by atoms with E-state index in [1.807, 2.05) is 0 Å². The summed E-state index contributed by atoms with van der Waals surface area (Å²) >= 11 is 0. The largest absolute Gasteiger partial charge is 0.512 e. The molecule has 0 heterocycles. The van der Waals surface area contributed by atoms with Crippen LogP contribution in [0.5, 0.6) is 0 Å². The van der Waals surface area contributed by atoms with Gasteiger partial charge in [0.05, 0.1) is 12.3 Å². The first kappa shape index (κ1) is 17.7. The quantitative estimate of drug-likeness (QED) is 0.655. The number of carbonyl (C=O) groups excluding carboxylic acids is 3. The van der Waals surface area contributed by atoms with Crippen molar-refractivity contribution in [2.75, 3.05) is 20.6 Å². The standard InChI is InChI=1S/C15H23N3O4/c1-10(19)17-13(8-11-4-6-12(20)7-5-11)15(22)18(3)9-14(21)16-2/h4,6,13,20H,5,7-9H2,1-3H3,(H,16,21)(H,17,19)/t13-/m0/s1. The second kappa shape index (κ2) is 8.21. The Hall–Kier alpha value is -2.31. The van der Waals surface area contributed by atoms with Crippen LogP contribution in [0.15, 0.2) is 23.5 Å². The highest BCUT2D eigenvalue weighted by molar-refractivity contribution is 5.90. The van der Waals surface area contributed by atoms with Gasteiger partial charge < -0.3 is 20.6 Å². The second-order valence-electron chi connectivity index (χ2n) is 5.31. The van der Waals surface area contributed by atoms with E-state index >= 15 is 0 Å². The van der Waals surface area contributed by atoms with Gasteiger partial charge in [-0.05, 0) is 18.9 Å². The van der Waals surface area contributed by atoms with Gasteiger partial charge in [0.25, 0.3) is 0 Å². The zero-order chi connectivity index (χ0) is 16.7. The van der Waals surface area contributed by atoms with E-state index in [1.54, 1.807) is 12.2 Å². The molecule has 0 unspecified atom stereocenters. The number of amides is 3. The Labute approximate surface area is 130 Å². The maximum Gasteiger partial charge on any atom is 0.245 e. The summed E-state index contributed by atoms with van der Waals surface area (Å²) in [5, 5.41) is 14.4. The zero-order valence-corrected chi connectivity index (χ0v) is 13.2. The van der Waals surface area contributed by atoms with Crippen molar-refractivity contribution >= 4 is 17.7 Å². The molecule has 7 heteroatoms. The Morgan fingerprint density at radius 3 is 2.50 bits per heavy atom. The molecule has 0 bridgehead atoms. The normalized spacial score (nSPS) is 15.2. The van der Waals surface area contributed by atoms with Crippen LogP contribution in [0.4, 0.5) is 0 Å². The van der Waals surface area contributed by atoms with Crippen molar-refractivity contribution in [1.82, 2.24) is 15.5 Å². The van der Waals surface area contributed by atoms with Crippen LogP contribution in [-0.2, 0) is 14.4 Å². The van der Waals surface area contributed by atoms with E-state index in [-0.39, 0.29) is 24.3 Å². The highest BCUT2D eigenvalue weighted by atomic mass is 16.3. The lowest BCUT2D eigenvalue weighted by atomic mass is 9.96. The van der Waals surface area contributed by atoms with Gasteiger partial charge in [0.2, 0.25) is 17.7 Å². The van der Waals surface area contributed by atoms with Crippen LogP contribution >= 0.6 is 0 Å². The molecule has 1 atom stereocenters. The summed E-state index contributed by atoms with van der Waals surface area (Å²) in [5.74, 6) is -0.593. The third-order valence-corrected chi connectivity index (χ3v) is 3.39. The molecule has 3 amide bonds. The number of likely N-dealkylation sites (N-methyl/N-ethyl adjacent to an activating group) is 2. The van der Waals surface area contributed by atoms with E-state index in [2.05, 4.69) is 10.6 Å². The summed E-state index contributed by atoms with van der Waals surface area (Å²) in [6, 6.07) is -0.716. The van der Waals surface area contributed by atoms with E-state index in [9.17, 15) is 19.5 Å². The van der Waals surface area contributed by atoms with E-state index in [0.717, 1.165) is 5.57 Å². The Balaban J connectivity index is 2.77. The summed E-state index contributed by atoms with van der Waals surface area (Å²) in [6.45, 7) is 1.28. The van der Waals surface area contributed by atoms with Crippen LogP contribution in [0.1, 0.15) is 26.2 Å². The molecule has 0 radical (unpaired) electrons. The predicted octanol–water partition coefficient (Wildman–Crippen LogP) is 0.248. The molecular formula is C15H23N3O4. The molecule has 0 aromatic rings. The fourth-order valence-corrected chi connectivity index (χ4v) is 2.19. The van der Waals surface area contributed by atoms with Crippen molar-refractivity contribution in [3.63, 3.8) is 0 Å². The Kier molecular flexibility index (Phi) is 6.62. The maximum atomic E-state index is 12.4. The van der Waals surface area contributed by atoms with Crippen LogP contribution in [0, 0.1) is 0 Å². The molecule has 22 heavy (non-hydrogen) atoms. The van der Waals surface area contributed by atoms with Crippen molar-refractivity contribution in [2.24, 2.45) is 0 Å². The summed E-state index contributed by atoms with van der Waals surface area (Å²) in [4.78, 5) is 36.4. The smallest absolute Gasteiger partial charge is 0.245 e. The van der Waals surface area contributed by atoms with Gasteiger partial charge in [-0.1, -0.05) is 11.6 Å². The average molecular weight is 309 g/mol. The van der Waals surface area contributed by atoms with Gasteiger partial charge >= 0.3 is 0 Å². The van der Waals surface area contributed by atoms with E-state index in [4.69, 9.17) is 0 Å². The highest BCUT2D eigenvalue weighted by Gasteiger charge is 2.25. The summed E-state index contributed by atoms with van der Waals surface area (Å²) in [6.07, 6.45) is 4.90. The van der Waals surface area contributed by atoms with Crippen molar-refractivity contribution in [1.29, 1.82) is 0 Å². The molecule has 7 nitrogen and oxygen atoms in total. The molecular weight excluding hydrogens is 286 g/mol. The van der Waals surface area contributed by atoms with Gasteiger partial charge in [0.15, 0.2) is 0 Å². The number of aliphatic hydroxyl groups excluding tert-OH is 1. The van der Waals surface area contributed by atoms with Crippen LogP contribution < -0.4 is 10.6 Å². The first-order valence-corrected chi connectivity index (χ1v) is 7.13. The number of nitrogens with one attached hydrogen (secondary N) is 2. The minimum atomic E-state index is -0.716. The number of hydrogen-bond acceptors (Lipinski definition) is 4. The lowest BCUT2D eigenvalue weighted by Gasteiger charge is -2.25. The monoisotopic (exact) mass is 309 g/mol. The molecule has 0 saturated carbocycles. The zero-order valence-electron chi connectivity index (χ0n) is 13.2. The highest BCUT2D eigenvalue weighted by Crippen LogP contribution is 2.21. The van der Waals surface area contributed by atoms with Gasteiger partial charge in [0, 0.05) is 27.4 Å². The van der Waals surface area contributed by atoms with Crippen LogP contribution in [-0.4, -0.2) is 54.4 Å². The lowest BCUT2D eigenvalue weighted by Crippen LogP contribution is -2.49. The van der Waals surface area contributed by atoms with E-state index in [1.165, 1.54) is 25.9 Å². The summed E-state index contributed by atoms with van der Waals surface area (Å²) in [7, 11) is 3.02. The maximum absolute atomic E-state index is 12.4. The van der Waals surface area contributed by atoms with Gasteiger partial charge in [-0.25, -0.2) is 0 Å². The average Bonchev–Trinajstić information content (AvgIpc) is 2.47. The van der Waals surface area contributed by atoms with Crippen molar-refractivity contribution in [3.8, 4) is 0 Å². The van der Waals surface area contributed by atoms with Crippen LogP contribution in [0.25, 0.3) is 0 Å². The minimum absolute atomic E-state index is 0.0643. The molecule has 1 aliphatic carbocycles.